The summed E-state index contributed by atoms with van der Waals surface area (Å²) < 4.78 is 1.55. The Morgan fingerprint density at radius 1 is 1.48 bits per heavy atom. The van der Waals surface area contributed by atoms with Crippen LogP contribution in [0.1, 0.15) is 23.3 Å². The van der Waals surface area contributed by atoms with Gasteiger partial charge in [0, 0.05) is 12.1 Å². The summed E-state index contributed by atoms with van der Waals surface area (Å²) in [5, 5.41) is 19.2. The standard InChI is InChI=1S/C14H13N5OS/c20-14(15-6-9-1-2-9)12-5-11(10-3-4-21-7-10)13-17-16-8-19(13)18-12/h3-5,7-9H,1-2,6H2,(H,15,20). The van der Waals surface area contributed by atoms with E-state index in [0.717, 1.165) is 17.7 Å². The number of nitrogens with zero attached hydrogens (tertiary/aromatic N) is 4. The topological polar surface area (TPSA) is 72.2 Å². The fourth-order valence-corrected chi connectivity index (χ4v) is 2.87. The van der Waals surface area contributed by atoms with Gasteiger partial charge in [0.2, 0.25) is 0 Å². The highest BCUT2D eigenvalue weighted by molar-refractivity contribution is 7.08. The maximum absolute atomic E-state index is 12.2. The summed E-state index contributed by atoms with van der Waals surface area (Å²) >= 11 is 1.60. The van der Waals surface area contributed by atoms with Gasteiger partial charge >= 0.3 is 0 Å². The van der Waals surface area contributed by atoms with Crippen LogP contribution in [0.4, 0.5) is 0 Å². The first kappa shape index (κ1) is 12.5. The Kier molecular flexibility index (Phi) is 2.92. The normalized spacial score (nSPS) is 14.5. The number of amides is 1. The van der Waals surface area contributed by atoms with E-state index in [1.165, 1.54) is 19.2 Å². The van der Waals surface area contributed by atoms with Crippen LogP contribution in [0.2, 0.25) is 0 Å². The number of thiophene rings is 1. The average molecular weight is 299 g/mol. The second-order valence-corrected chi connectivity index (χ2v) is 5.99. The van der Waals surface area contributed by atoms with Gasteiger partial charge < -0.3 is 5.32 Å². The zero-order chi connectivity index (χ0) is 14.2. The molecule has 4 rings (SSSR count). The molecular formula is C14H13N5OS. The van der Waals surface area contributed by atoms with Gasteiger partial charge in [-0.2, -0.15) is 21.0 Å². The zero-order valence-electron chi connectivity index (χ0n) is 11.2. The van der Waals surface area contributed by atoms with E-state index in [-0.39, 0.29) is 5.91 Å². The van der Waals surface area contributed by atoms with Crippen LogP contribution < -0.4 is 5.32 Å². The van der Waals surface area contributed by atoms with Crippen LogP contribution >= 0.6 is 11.3 Å². The van der Waals surface area contributed by atoms with E-state index in [1.807, 2.05) is 16.8 Å². The van der Waals surface area contributed by atoms with Gasteiger partial charge in [0.1, 0.15) is 12.0 Å². The highest BCUT2D eigenvalue weighted by atomic mass is 32.1. The number of carbonyl (C=O) groups is 1. The number of hydrogen-bond donors (Lipinski definition) is 1. The van der Waals surface area contributed by atoms with Gasteiger partial charge in [0.15, 0.2) is 5.65 Å². The maximum atomic E-state index is 12.2. The summed E-state index contributed by atoms with van der Waals surface area (Å²) in [4.78, 5) is 12.2. The van der Waals surface area contributed by atoms with Crippen LogP contribution in [-0.4, -0.2) is 32.3 Å². The molecule has 3 heterocycles. The van der Waals surface area contributed by atoms with Gasteiger partial charge in [-0.1, -0.05) is 0 Å². The summed E-state index contributed by atoms with van der Waals surface area (Å²) in [6.45, 7) is 0.731. The maximum Gasteiger partial charge on any atom is 0.271 e. The van der Waals surface area contributed by atoms with E-state index in [1.54, 1.807) is 21.9 Å². The summed E-state index contributed by atoms with van der Waals surface area (Å²) in [5.74, 6) is 0.498. The molecule has 1 aliphatic rings. The second kappa shape index (κ2) is 4.92. The van der Waals surface area contributed by atoms with Crippen LogP contribution in [0.3, 0.4) is 0 Å². The molecule has 6 nitrogen and oxygen atoms in total. The number of aromatic nitrogens is 4. The molecule has 0 aliphatic heterocycles. The Morgan fingerprint density at radius 3 is 3.14 bits per heavy atom. The predicted molar refractivity (Wildman–Crippen MR) is 79.2 cm³/mol. The van der Waals surface area contributed by atoms with Crippen LogP contribution in [0, 0.1) is 5.92 Å². The van der Waals surface area contributed by atoms with Crippen molar-refractivity contribution in [1.29, 1.82) is 0 Å². The molecule has 0 atom stereocenters. The van der Waals surface area contributed by atoms with Crippen LogP contribution in [0.5, 0.6) is 0 Å². The van der Waals surface area contributed by atoms with E-state index in [9.17, 15) is 4.79 Å². The van der Waals surface area contributed by atoms with E-state index in [0.29, 0.717) is 17.3 Å². The Morgan fingerprint density at radius 2 is 2.38 bits per heavy atom. The van der Waals surface area contributed by atoms with Crippen molar-refractivity contribution in [2.75, 3.05) is 6.54 Å². The number of nitrogens with one attached hydrogen (secondary N) is 1. The molecule has 0 unspecified atom stereocenters. The molecule has 1 amide bonds. The van der Waals surface area contributed by atoms with Crippen LogP contribution in [0.15, 0.2) is 29.2 Å². The van der Waals surface area contributed by atoms with E-state index in [4.69, 9.17) is 0 Å². The molecule has 0 aromatic carbocycles. The number of fused-ring (bicyclic) bond motifs is 1. The fourth-order valence-electron chi connectivity index (χ4n) is 2.22. The summed E-state index contributed by atoms with van der Waals surface area (Å²) in [5.41, 5.74) is 2.95. The van der Waals surface area contributed by atoms with Gasteiger partial charge in [-0.25, -0.2) is 0 Å². The molecule has 3 aromatic heterocycles. The third kappa shape index (κ3) is 2.40. The highest BCUT2D eigenvalue weighted by Crippen LogP contribution is 2.28. The molecule has 1 saturated carbocycles. The molecule has 1 aliphatic carbocycles. The Hall–Kier alpha value is -2.28. The van der Waals surface area contributed by atoms with E-state index < -0.39 is 0 Å². The third-order valence-electron chi connectivity index (χ3n) is 3.58. The van der Waals surface area contributed by atoms with Crippen molar-refractivity contribution in [3.63, 3.8) is 0 Å². The molecule has 0 spiro atoms. The lowest BCUT2D eigenvalue weighted by Crippen LogP contribution is -2.27. The first-order valence-electron chi connectivity index (χ1n) is 6.83. The lowest BCUT2D eigenvalue weighted by atomic mass is 10.1. The van der Waals surface area contributed by atoms with Crippen LogP contribution in [0.25, 0.3) is 16.8 Å². The van der Waals surface area contributed by atoms with Crippen molar-refractivity contribution >= 4 is 22.9 Å². The SMILES string of the molecule is O=C(NCC1CC1)c1cc(-c2ccsc2)c2nncn2n1. The molecule has 1 fully saturated rings. The second-order valence-electron chi connectivity index (χ2n) is 5.21. The predicted octanol–water partition coefficient (Wildman–Crippen LogP) is 1.99. The molecule has 1 N–H and O–H groups in total. The Bertz CT molecular complexity index is 791. The largest absolute Gasteiger partial charge is 0.350 e. The summed E-state index contributed by atoms with van der Waals surface area (Å²) in [6, 6.07) is 3.79. The first-order valence-corrected chi connectivity index (χ1v) is 7.77. The number of carbonyl (C=O) groups excluding carboxylic acids is 1. The average Bonchev–Trinajstić information content (AvgIpc) is 2.99. The minimum absolute atomic E-state index is 0.144. The zero-order valence-corrected chi connectivity index (χ0v) is 12.0. The number of rotatable bonds is 4. The molecule has 0 saturated heterocycles. The van der Waals surface area contributed by atoms with E-state index in [2.05, 4.69) is 20.6 Å². The lowest BCUT2D eigenvalue weighted by Gasteiger charge is -2.06. The monoisotopic (exact) mass is 299 g/mol. The van der Waals surface area contributed by atoms with Crippen molar-refractivity contribution in [3.8, 4) is 11.1 Å². The van der Waals surface area contributed by atoms with Crippen molar-refractivity contribution < 1.29 is 4.79 Å². The van der Waals surface area contributed by atoms with Gasteiger partial charge in [-0.15, -0.1) is 10.2 Å². The Labute approximate surface area is 124 Å². The van der Waals surface area contributed by atoms with Crippen molar-refractivity contribution in [1.82, 2.24) is 25.1 Å². The van der Waals surface area contributed by atoms with Gasteiger partial charge in [0.05, 0.1) is 0 Å². The third-order valence-corrected chi connectivity index (χ3v) is 4.26. The molecule has 3 aromatic rings. The van der Waals surface area contributed by atoms with Crippen molar-refractivity contribution in [3.05, 3.63) is 34.9 Å². The van der Waals surface area contributed by atoms with Gasteiger partial charge in [0.25, 0.3) is 5.91 Å². The van der Waals surface area contributed by atoms with Crippen LogP contribution in [-0.2, 0) is 0 Å². The quantitative estimate of drug-likeness (QED) is 0.799. The Balaban J connectivity index is 1.73. The highest BCUT2D eigenvalue weighted by Gasteiger charge is 2.22. The molecule has 106 valence electrons. The smallest absolute Gasteiger partial charge is 0.271 e. The minimum Gasteiger partial charge on any atom is -0.350 e. The summed E-state index contributed by atoms with van der Waals surface area (Å²) in [6.07, 6.45) is 3.93. The molecular weight excluding hydrogens is 286 g/mol. The van der Waals surface area contributed by atoms with Gasteiger partial charge in [-0.05, 0) is 47.2 Å². The summed E-state index contributed by atoms with van der Waals surface area (Å²) in [7, 11) is 0. The van der Waals surface area contributed by atoms with Crippen molar-refractivity contribution in [2.45, 2.75) is 12.8 Å². The number of hydrogen-bond acceptors (Lipinski definition) is 5. The molecule has 0 radical (unpaired) electrons. The van der Waals surface area contributed by atoms with Crippen molar-refractivity contribution in [2.24, 2.45) is 5.92 Å². The fraction of sp³-hybridized carbons (Fsp3) is 0.286. The van der Waals surface area contributed by atoms with E-state index >= 15 is 0 Å². The molecule has 7 heteroatoms. The molecule has 0 bridgehead atoms. The minimum atomic E-state index is -0.144. The first-order chi connectivity index (χ1) is 10.3. The lowest BCUT2D eigenvalue weighted by molar-refractivity contribution is 0.0945. The molecule has 21 heavy (non-hydrogen) atoms. The van der Waals surface area contributed by atoms with Gasteiger partial charge in [-0.3, -0.25) is 4.79 Å².